The number of hydrogen-bond donors (Lipinski definition) is 1. The summed E-state index contributed by atoms with van der Waals surface area (Å²) >= 11 is 0. The van der Waals surface area contributed by atoms with Gasteiger partial charge in [-0.3, -0.25) is 4.79 Å². The zero-order valence-electron chi connectivity index (χ0n) is 18.2. The Morgan fingerprint density at radius 3 is 2.32 bits per heavy atom. The van der Waals surface area contributed by atoms with E-state index in [9.17, 15) is 9.18 Å². The van der Waals surface area contributed by atoms with Gasteiger partial charge in [-0.15, -0.1) is 0 Å². The summed E-state index contributed by atoms with van der Waals surface area (Å²) in [6.07, 6.45) is 0.0360. The average Bonchev–Trinajstić information content (AvgIpc) is 2.78. The Kier molecular flexibility index (Phi) is 7.65. The van der Waals surface area contributed by atoms with Crippen LogP contribution in [0.4, 0.5) is 4.39 Å². The zero-order valence-corrected chi connectivity index (χ0v) is 18.2. The Morgan fingerprint density at radius 2 is 1.65 bits per heavy atom. The van der Waals surface area contributed by atoms with E-state index in [0.29, 0.717) is 25.3 Å². The van der Waals surface area contributed by atoms with Crippen LogP contribution in [0.25, 0.3) is 0 Å². The van der Waals surface area contributed by atoms with Crippen LogP contribution >= 0.6 is 0 Å². The summed E-state index contributed by atoms with van der Waals surface area (Å²) < 4.78 is 24.7. The van der Waals surface area contributed by atoms with Crippen LogP contribution in [0.1, 0.15) is 35.6 Å². The number of rotatable bonds is 9. The fourth-order valence-corrected chi connectivity index (χ4v) is 3.06. The molecule has 3 aromatic rings. The molecular formula is C26H28FNO3. The molecule has 31 heavy (non-hydrogen) atoms. The first-order valence-corrected chi connectivity index (χ1v) is 10.4. The molecule has 0 saturated heterocycles. The second-order valence-electron chi connectivity index (χ2n) is 7.56. The first-order valence-electron chi connectivity index (χ1n) is 10.4. The Labute approximate surface area is 183 Å². The first kappa shape index (κ1) is 22.3. The smallest absolute Gasteiger partial charge is 0.261 e. The van der Waals surface area contributed by atoms with Crippen molar-refractivity contribution in [1.29, 1.82) is 0 Å². The average molecular weight is 422 g/mol. The highest BCUT2D eigenvalue weighted by atomic mass is 19.1. The highest BCUT2D eigenvalue weighted by Crippen LogP contribution is 2.21. The minimum Gasteiger partial charge on any atom is -0.489 e. The topological polar surface area (TPSA) is 47.6 Å². The van der Waals surface area contributed by atoms with E-state index in [1.165, 1.54) is 12.1 Å². The van der Waals surface area contributed by atoms with E-state index in [-0.39, 0.29) is 11.7 Å². The largest absolute Gasteiger partial charge is 0.489 e. The molecule has 0 unspecified atom stereocenters. The summed E-state index contributed by atoms with van der Waals surface area (Å²) in [4.78, 5) is 12.6. The molecule has 0 radical (unpaired) electrons. The van der Waals surface area contributed by atoms with E-state index < -0.39 is 6.10 Å². The fourth-order valence-electron chi connectivity index (χ4n) is 3.06. The second kappa shape index (κ2) is 10.6. The third kappa shape index (κ3) is 6.57. The van der Waals surface area contributed by atoms with Gasteiger partial charge in [-0.05, 0) is 72.9 Å². The predicted molar refractivity (Wildman–Crippen MR) is 120 cm³/mol. The van der Waals surface area contributed by atoms with E-state index in [1.807, 2.05) is 63.2 Å². The van der Waals surface area contributed by atoms with Crippen molar-refractivity contribution in [2.24, 2.45) is 0 Å². The van der Waals surface area contributed by atoms with Crippen LogP contribution in [0, 0.1) is 19.7 Å². The third-order valence-corrected chi connectivity index (χ3v) is 4.98. The lowest BCUT2D eigenvalue weighted by atomic mass is 10.1. The van der Waals surface area contributed by atoms with Gasteiger partial charge in [0.15, 0.2) is 6.10 Å². The lowest BCUT2D eigenvalue weighted by Gasteiger charge is -2.19. The lowest BCUT2D eigenvalue weighted by molar-refractivity contribution is -0.128. The van der Waals surface area contributed by atoms with Gasteiger partial charge in [-0.25, -0.2) is 4.39 Å². The maximum absolute atomic E-state index is 13.0. The van der Waals surface area contributed by atoms with Gasteiger partial charge in [-0.1, -0.05) is 43.3 Å². The summed E-state index contributed by atoms with van der Waals surface area (Å²) in [7, 11) is 0. The Hall–Kier alpha value is -3.34. The van der Waals surface area contributed by atoms with Crippen LogP contribution in [-0.4, -0.2) is 12.0 Å². The van der Waals surface area contributed by atoms with Crippen molar-refractivity contribution in [3.63, 3.8) is 0 Å². The molecule has 1 N–H and O–H groups in total. The minimum absolute atomic E-state index is 0.139. The molecule has 3 rings (SSSR count). The monoisotopic (exact) mass is 421 g/mol. The van der Waals surface area contributed by atoms with E-state index in [0.717, 1.165) is 28.0 Å². The molecular weight excluding hydrogens is 393 g/mol. The number of nitrogens with one attached hydrogen (secondary N) is 1. The Bertz CT molecular complexity index is 1000. The number of ether oxygens (including phenoxy) is 2. The summed E-state index contributed by atoms with van der Waals surface area (Å²) in [5.41, 5.74) is 3.96. The number of carbonyl (C=O) groups is 1. The van der Waals surface area contributed by atoms with Crippen molar-refractivity contribution in [2.45, 2.75) is 46.4 Å². The molecule has 0 heterocycles. The fraction of sp³-hybridized carbons (Fsp3) is 0.269. The summed E-state index contributed by atoms with van der Waals surface area (Å²) in [5.74, 6) is 1.05. The van der Waals surface area contributed by atoms with Gasteiger partial charge in [-0.2, -0.15) is 0 Å². The molecule has 0 aliphatic carbocycles. The van der Waals surface area contributed by atoms with Crippen molar-refractivity contribution >= 4 is 5.91 Å². The molecule has 162 valence electrons. The van der Waals surface area contributed by atoms with Crippen molar-refractivity contribution < 1.29 is 18.7 Å². The SMILES string of the molecule is CC[C@H](Oc1cc(C)ccc1C)C(=O)NCc1ccc(OCc2ccc(F)cc2)cc1. The van der Waals surface area contributed by atoms with E-state index in [1.54, 1.807) is 12.1 Å². The van der Waals surface area contributed by atoms with Crippen LogP contribution in [0.15, 0.2) is 66.7 Å². The molecule has 1 atom stereocenters. The van der Waals surface area contributed by atoms with Crippen LogP contribution in [0.3, 0.4) is 0 Å². The molecule has 0 fully saturated rings. The van der Waals surface area contributed by atoms with E-state index in [2.05, 4.69) is 5.32 Å². The molecule has 0 bridgehead atoms. The molecule has 1 amide bonds. The molecule has 4 nitrogen and oxygen atoms in total. The van der Waals surface area contributed by atoms with Crippen molar-refractivity contribution in [3.8, 4) is 11.5 Å². The highest BCUT2D eigenvalue weighted by molar-refractivity contribution is 5.81. The summed E-state index contributed by atoms with van der Waals surface area (Å²) in [5, 5.41) is 2.95. The number of hydrogen-bond acceptors (Lipinski definition) is 3. The van der Waals surface area contributed by atoms with Gasteiger partial charge < -0.3 is 14.8 Å². The Balaban J connectivity index is 1.50. The Morgan fingerprint density at radius 1 is 0.968 bits per heavy atom. The third-order valence-electron chi connectivity index (χ3n) is 4.98. The summed E-state index contributed by atoms with van der Waals surface area (Å²) in [6, 6.07) is 19.7. The molecule has 0 aliphatic heterocycles. The molecule has 0 saturated carbocycles. The van der Waals surface area contributed by atoms with Crippen LogP contribution in [0.2, 0.25) is 0 Å². The molecule has 0 aliphatic rings. The second-order valence-corrected chi connectivity index (χ2v) is 7.56. The minimum atomic E-state index is -0.543. The number of halogens is 1. The van der Waals surface area contributed by atoms with Crippen molar-refractivity contribution in [2.75, 3.05) is 0 Å². The lowest BCUT2D eigenvalue weighted by Crippen LogP contribution is -2.37. The van der Waals surface area contributed by atoms with Gasteiger partial charge in [0.2, 0.25) is 0 Å². The number of aryl methyl sites for hydroxylation is 2. The first-order chi connectivity index (χ1) is 14.9. The number of amides is 1. The molecule has 0 aromatic heterocycles. The molecule has 5 heteroatoms. The summed E-state index contributed by atoms with van der Waals surface area (Å²) in [6.45, 7) is 6.68. The maximum Gasteiger partial charge on any atom is 0.261 e. The van der Waals surface area contributed by atoms with Crippen LogP contribution < -0.4 is 14.8 Å². The van der Waals surface area contributed by atoms with E-state index in [4.69, 9.17) is 9.47 Å². The van der Waals surface area contributed by atoms with Crippen LogP contribution in [-0.2, 0) is 17.9 Å². The molecule has 0 spiro atoms. The molecule has 3 aromatic carbocycles. The van der Waals surface area contributed by atoms with Crippen LogP contribution in [0.5, 0.6) is 11.5 Å². The normalized spacial score (nSPS) is 11.6. The highest BCUT2D eigenvalue weighted by Gasteiger charge is 2.19. The van der Waals surface area contributed by atoms with Gasteiger partial charge in [0.1, 0.15) is 23.9 Å². The van der Waals surface area contributed by atoms with Gasteiger partial charge in [0, 0.05) is 6.54 Å². The zero-order chi connectivity index (χ0) is 22.2. The van der Waals surface area contributed by atoms with Gasteiger partial charge >= 0.3 is 0 Å². The van der Waals surface area contributed by atoms with Gasteiger partial charge in [0.05, 0.1) is 0 Å². The quantitative estimate of drug-likeness (QED) is 0.497. The predicted octanol–water partition coefficient (Wildman–Crippen LogP) is 5.50. The van der Waals surface area contributed by atoms with E-state index >= 15 is 0 Å². The van der Waals surface area contributed by atoms with Gasteiger partial charge in [0.25, 0.3) is 5.91 Å². The van der Waals surface area contributed by atoms with Crippen molar-refractivity contribution in [1.82, 2.24) is 5.32 Å². The number of benzene rings is 3. The standard InChI is InChI=1S/C26H28FNO3/c1-4-24(31-25-15-18(2)5-6-19(25)3)26(29)28-16-20-9-13-23(14-10-20)30-17-21-7-11-22(27)12-8-21/h5-15,24H,4,16-17H2,1-3H3,(H,28,29)/t24-/m0/s1. The number of carbonyl (C=O) groups excluding carboxylic acids is 1. The van der Waals surface area contributed by atoms with Crippen molar-refractivity contribution in [3.05, 3.63) is 94.8 Å². The maximum atomic E-state index is 13.0.